The molecule has 0 unspecified atom stereocenters. The van der Waals surface area contributed by atoms with E-state index >= 15 is 0 Å². The largest absolute Gasteiger partial charge is 0.487 e. The van der Waals surface area contributed by atoms with Gasteiger partial charge in [-0.05, 0) is 24.2 Å². The minimum Gasteiger partial charge on any atom is -0.487 e. The van der Waals surface area contributed by atoms with E-state index in [1.165, 1.54) is 0 Å². The fourth-order valence-electron chi connectivity index (χ4n) is 1.53. The minimum absolute atomic E-state index is 0.568. The van der Waals surface area contributed by atoms with Crippen LogP contribution < -0.4 is 10.5 Å². The average molecular weight is 228 g/mol. The van der Waals surface area contributed by atoms with Crippen molar-refractivity contribution in [3.8, 4) is 5.75 Å². The molecule has 0 fully saturated rings. The van der Waals surface area contributed by atoms with E-state index in [4.69, 9.17) is 10.5 Å². The summed E-state index contributed by atoms with van der Waals surface area (Å²) in [5.74, 6) is 0.787. The number of rotatable bonds is 5. The molecule has 1 aromatic heterocycles. The van der Waals surface area contributed by atoms with Crippen molar-refractivity contribution in [2.45, 2.75) is 13.0 Å². The molecule has 0 saturated carbocycles. The van der Waals surface area contributed by atoms with Crippen molar-refractivity contribution in [2.24, 2.45) is 5.73 Å². The lowest BCUT2D eigenvalue weighted by molar-refractivity contribution is 0.305. The third-order valence-electron chi connectivity index (χ3n) is 2.45. The summed E-state index contributed by atoms with van der Waals surface area (Å²) in [6, 6.07) is 14.0. The van der Waals surface area contributed by atoms with E-state index in [-0.39, 0.29) is 0 Å². The summed E-state index contributed by atoms with van der Waals surface area (Å²) in [5, 5.41) is 0. The Labute approximate surface area is 101 Å². The van der Waals surface area contributed by atoms with Crippen LogP contribution in [0, 0.1) is 0 Å². The predicted molar refractivity (Wildman–Crippen MR) is 67.8 cm³/mol. The molecule has 2 rings (SSSR count). The Morgan fingerprint density at radius 3 is 2.53 bits per heavy atom. The first kappa shape index (κ1) is 11.6. The van der Waals surface area contributed by atoms with Crippen LogP contribution in [0.5, 0.6) is 5.75 Å². The van der Waals surface area contributed by atoms with Gasteiger partial charge in [0.1, 0.15) is 12.4 Å². The van der Waals surface area contributed by atoms with Crippen LogP contribution >= 0.6 is 0 Å². The summed E-state index contributed by atoms with van der Waals surface area (Å²) in [6.07, 6.45) is 2.55. The fraction of sp³-hybridized carbons (Fsp3) is 0.214. The molecule has 88 valence electrons. The van der Waals surface area contributed by atoms with Crippen LogP contribution in [0.25, 0.3) is 0 Å². The topological polar surface area (TPSA) is 48.1 Å². The normalized spacial score (nSPS) is 10.2. The molecule has 1 heterocycles. The van der Waals surface area contributed by atoms with Crippen molar-refractivity contribution < 1.29 is 4.74 Å². The lowest BCUT2D eigenvalue weighted by Gasteiger charge is -2.06. The van der Waals surface area contributed by atoms with Gasteiger partial charge < -0.3 is 10.5 Å². The number of nitrogens with zero attached hydrogens (tertiary/aromatic N) is 1. The third-order valence-corrected chi connectivity index (χ3v) is 2.45. The predicted octanol–water partition coefficient (Wildman–Crippen LogP) is 2.16. The van der Waals surface area contributed by atoms with Crippen LogP contribution in [0.15, 0.2) is 48.7 Å². The summed E-state index contributed by atoms with van der Waals surface area (Å²) in [6.45, 7) is 1.19. The molecule has 0 bridgehead atoms. The average Bonchev–Trinajstić information content (AvgIpc) is 2.40. The van der Waals surface area contributed by atoms with E-state index in [0.29, 0.717) is 13.2 Å². The van der Waals surface area contributed by atoms with Crippen molar-refractivity contribution in [3.05, 3.63) is 59.9 Å². The standard InChI is InChI=1S/C14H16N2O/c15-9-8-13-6-7-14(10-16-13)17-11-12-4-2-1-3-5-12/h1-7,10H,8-9,11,15H2. The maximum Gasteiger partial charge on any atom is 0.138 e. The second-order valence-electron chi connectivity index (χ2n) is 3.80. The maximum absolute atomic E-state index is 5.63. The molecule has 0 radical (unpaired) electrons. The highest BCUT2D eigenvalue weighted by Crippen LogP contribution is 2.11. The number of ether oxygens (including phenoxy) is 1. The molecule has 2 aromatic rings. The monoisotopic (exact) mass is 228 g/mol. The fourth-order valence-corrected chi connectivity index (χ4v) is 1.53. The number of pyridine rings is 1. The van der Waals surface area contributed by atoms with E-state index in [1.807, 2.05) is 42.5 Å². The van der Waals surface area contributed by atoms with Crippen molar-refractivity contribution in [2.75, 3.05) is 6.54 Å². The molecule has 0 aliphatic heterocycles. The van der Waals surface area contributed by atoms with E-state index < -0.39 is 0 Å². The number of aromatic nitrogens is 1. The summed E-state index contributed by atoms with van der Waals surface area (Å²) >= 11 is 0. The molecule has 0 saturated heterocycles. The van der Waals surface area contributed by atoms with Crippen molar-refractivity contribution in [1.29, 1.82) is 0 Å². The Kier molecular flexibility index (Phi) is 4.11. The number of benzene rings is 1. The number of hydrogen-bond acceptors (Lipinski definition) is 3. The van der Waals surface area contributed by atoms with Crippen molar-refractivity contribution >= 4 is 0 Å². The summed E-state index contributed by atoms with van der Waals surface area (Å²) in [7, 11) is 0. The van der Waals surface area contributed by atoms with Crippen LogP contribution in [0.2, 0.25) is 0 Å². The van der Waals surface area contributed by atoms with E-state index in [2.05, 4.69) is 4.98 Å². The molecular weight excluding hydrogens is 212 g/mol. The Hall–Kier alpha value is -1.87. The zero-order valence-corrected chi connectivity index (χ0v) is 9.67. The maximum atomic E-state index is 5.63. The number of nitrogens with two attached hydrogens (primary N) is 1. The molecule has 0 atom stereocenters. The van der Waals surface area contributed by atoms with Crippen molar-refractivity contribution in [3.63, 3.8) is 0 Å². The summed E-state index contributed by atoms with van der Waals surface area (Å²) in [5.41, 5.74) is 7.61. The zero-order chi connectivity index (χ0) is 11.9. The first-order valence-corrected chi connectivity index (χ1v) is 5.70. The van der Waals surface area contributed by atoms with Gasteiger partial charge in [-0.2, -0.15) is 0 Å². The molecule has 17 heavy (non-hydrogen) atoms. The van der Waals surface area contributed by atoms with Gasteiger partial charge in [0.25, 0.3) is 0 Å². The SMILES string of the molecule is NCCc1ccc(OCc2ccccc2)cn1. The van der Waals surface area contributed by atoms with E-state index in [0.717, 1.165) is 23.4 Å². The zero-order valence-electron chi connectivity index (χ0n) is 9.67. The Morgan fingerprint density at radius 1 is 1.06 bits per heavy atom. The highest BCUT2D eigenvalue weighted by Gasteiger charge is 1.97. The van der Waals surface area contributed by atoms with Crippen LogP contribution in [-0.4, -0.2) is 11.5 Å². The first-order valence-electron chi connectivity index (χ1n) is 5.70. The molecule has 3 heteroatoms. The molecule has 0 aliphatic rings. The van der Waals surface area contributed by atoms with Gasteiger partial charge in [-0.1, -0.05) is 30.3 Å². The lowest BCUT2D eigenvalue weighted by Crippen LogP contribution is -2.04. The molecule has 0 amide bonds. The first-order chi connectivity index (χ1) is 8.38. The van der Waals surface area contributed by atoms with E-state index in [1.54, 1.807) is 6.20 Å². The highest BCUT2D eigenvalue weighted by atomic mass is 16.5. The molecular formula is C14H16N2O. The summed E-state index contributed by atoms with van der Waals surface area (Å²) in [4.78, 5) is 4.28. The smallest absolute Gasteiger partial charge is 0.138 e. The molecule has 2 N–H and O–H groups in total. The highest BCUT2D eigenvalue weighted by molar-refractivity contribution is 5.21. The van der Waals surface area contributed by atoms with Crippen LogP contribution in [-0.2, 0) is 13.0 Å². The second kappa shape index (κ2) is 6.01. The number of hydrogen-bond donors (Lipinski definition) is 1. The van der Waals surface area contributed by atoms with Gasteiger partial charge in [-0.3, -0.25) is 4.98 Å². The minimum atomic E-state index is 0.568. The summed E-state index contributed by atoms with van der Waals surface area (Å²) < 4.78 is 5.63. The van der Waals surface area contributed by atoms with Gasteiger partial charge in [-0.15, -0.1) is 0 Å². The Balaban J connectivity index is 1.91. The van der Waals surface area contributed by atoms with Gasteiger partial charge in [0.05, 0.1) is 6.20 Å². The molecule has 0 spiro atoms. The quantitative estimate of drug-likeness (QED) is 0.853. The third kappa shape index (κ3) is 3.57. The van der Waals surface area contributed by atoms with Crippen LogP contribution in [0.4, 0.5) is 0 Å². The van der Waals surface area contributed by atoms with Crippen LogP contribution in [0.3, 0.4) is 0 Å². The lowest BCUT2D eigenvalue weighted by atomic mass is 10.2. The van der Waals surface area contributed by atoms with Gasteiger partial charge in [0.15, 0.2) is 0 Å². The van der Waals surface area contributed by atoms with Crippen molar-refractivity contribution in [1.82, 2.24) is 4.98 Å². The Morgan fingerprint density at radius 2 is 1.88 bits per heavy atom. The molecule has 1 aromatic carbocycles. The Bertz CT molecular complexity index is 440. The van der Waals surface area contributed by atoms with Gasteiger partial charge in [-0.25, -0.2) is 0 Å². The van der Waals surface area contributed by atoms with Gasteiger partial charge >= 0.3 is 0 Å². The second-order valence-corrected chi connectivity index (χ2v) is 3.80. The van der Waals surface area contributed by atoms with Gasteiger partial charge in [0.2, 0.25) is 0 Å². The van der Waals surface area contributed by atoms with Gasteiger partial charge in [0, 0.05) is 12.1 Å². The molecule has 0 aliphatic carbocycles. The van der Waals surface area contributed by atoms with E-state index in [9.17, 15) is 0 Å². The van der Waals surface area contributed by atoms with Crippen LogP contribution in [0.1, 0.15) is 11.3 Å². The molecule has 3 nitrogen and oxygen atoms in total.